The van der Waals surface area contributed by atoms with Crippen LogP contribution < -0.4 is 20.1 Å². The number of hydrogen-bond acceptors (Lipinski definition) is 6. The molecule has 0 radical (unpaired) electrons. The number of anilines is 4. The predicted molar refractivity (Wildman–Crippen MR) is 104 cm³/mol. The van der Waals surface area contributed by atoms with Crippen LogP contribution >= 0.6 is 0 Å². The zero-order valence-corrected chi connectivity index (χ0v) is 15.1. The van der Waals surface area contributed by atoms with Crippen molar-refractivity contribution in [1.29, 1.82) is 0 Å². The molecule has 3 aromatic rings. The van der Waals surface area contributed by atoms with Gasteiger partial charge in [0.05, 0.1) is 19.4 Å². The van der Waals surface area contributed by atoms with Gasteiger partial charge in [0, 0.05) is 17.4 Å². The highest BCUT2D eigenvalue weighted by Gasteiger charge is 2.07. The average Bonchev–Trinajstić information content (AvgIpc) is 2.63. The summed E-state index contributed by atoms with van der Waals surface area (Å²) >= 11 is 0. The van der Waals surface area contributed by atoms with Crippen LogP contribution in [0.15, 0.2) is 54.6 Å². The lowest BCUT2D eigenvalue weighted by atomic mass is 10.3. The summed E-state index contributed by atoms with van der Waals surface area (Å²) in [6, 6.07) is 17.3. The quantitative estimate of drug-likeness (QED) is 0.645. The maximum Gasteiger partial charge on any atom is 0.229 e. The molecule has 0 spiro atoms. The fourth-order valence-corrected chi connectivity index (χ4v) is 2.51. The number of aromatic nitrogens is 2. The molecule has 3 rings (SSSR count). The normalized spacial score (nSPS) is 10.3. The Kier molecular flexibility index (Phi) is 5.53. The Morgan fingerprint density at radius 2 is 1.73 bits per heavy atom. The van der Waals surface area contributed by atoms with Crippen molar-refractivity contribution in [2.75, 3.05) is 24.4 Å². The topological polar surface area (TPSA) is 68.3 Å². The van der Waals surface area contributed by atoms with Crippen molar-refractivity contribution in [3.05, 3.63) is 60.3 Å². The van der Waals surface area contributed by atoms with Crippen LogP contribution in [-0.4, -0.2) is 23.7 Å². The summed E-state index contributed by atoms with van der Waals surface area (Å²) in [5.74, 6) is 2.79. The lowest BCUT2D eigenvalue weighted by Gasteiger charge is -2.12. The molecule has 134 valence electrons. The molecule has 6 nitrogen and oxygen atoms in total. The van der Waals surface area contributed by atoms with Gasteiger partial charge in [-0.15, -0.1) is 0 Å². The van der Waals surface area contributed by atoms with E-state index in [1.807, 2.05) is 68.4 Å². The smallest absolute Gasteiger partial charge is 0.229 e. The van der Waals surface area contributed by atoms with Gasteiger partial charge in [0.2, 0.25) is 5.95 Å². The minimum absolute atomic E-state index is 0.503. The fraction of sp³-hybridized carbons (Fsp3) is 0.200. The van der Waals surface area contributed by atoms with Gasteiger partial charge in [0.1, 0.15) is 17.3 Å². The van der Waals surface area contributed by atoms with E-state index in [0.717, 1.165) is 28.6 Å². The molecule has 0 bridgehead atoms. The summed E-state index contributed by atoms with van der Waals surface area (Å²) in [6.45, 7) is 4.54. The number of methoxy groups -OCH3 is 1. The zero-order valence-electron chi connectivity index (χ0n) is 15.1. The van der Waals surface area contributed by atoms with Gasteiger partial charge in [-0.1, -0.05) is 12.1 Å². The highest BCUT2D eigenvalue weighted by molar-refractivity contribution is 5.64. The first-order valence-corrected chi connectivity index (χ1v) is 8.43. The van der Waals surface area contributed by atoms with Crippen molar-refractivity contribution in [2.24, 2.45) is 0 Å². The second-order valence-corrected chi connectivity index (χ2v) is 5.63. The fourth-order valence-electron chi connectivity index (χ4n) is 2.51. The summed E-state index contributed by atoms with van der Waals surface area (Å²) in [5, 5.41) is 6.50. The minimum Gasteiger partial charge on any atom is -0.495 e. The molecular formula is C20H22N4O2. The highest BCUT2D eigenvalue weighted by Crippen LogP contribution is 2.26. The molecule has 0 aliphatic carbocycles. The molecule has 2 N–H and O–H groups in total. The van der Waals surface area contributed by atoms with Crippen LogP contribution in [0.5, 0.6) is 11.5 Å². The zero-order chi connectivity index (χ0) is 18.4. The van der Waals surface area contributed by atoms with Gasteiger partial charge in [-0.25, -0.2) is 4.98 Å². The number of para-hydroxylation sites is 2. The molecule has 0 saturated heterocycles. The first kappa shape index (κ1) is 17.5. The molecule has 0 aliphatic rings. The number of nitrogens with zero attached hydrogens (tertiary/aromatic N) is 2. The molecule has 0 atom stereocenters. The van der Waals surface area contributed by atoms with E-state index in [1.165, 1.54) is 0 Å². The molecule has 1 aromatic heterocycles. The Hall–Kier alpha value is -3.28. The van der Waals surface area contributed by atoms with Crippen LogP contribution in [0.4, 0.5) is 23.1 Å². The van der Waals surface area contributed by atoms with Gasteiger partial charge in [0.25, 0.3) is 0 Å². The number of hydrogen-bond donors (Lipinski definition) is 2. The van der Waals surface area contributed by atoms with E-state index in [4.69, 9.17) is 9.47 Å². The molecule has 2 aromatic carbocycles. The Morgan fingerprint density at radius 3 is 2.46 bits per heavy atom. The van der Waals surface area contributed by atoms with Gasteiger partial charge >= 0.3 is 0 Å². The first-order valence-electron chi connectivity index (χ1n) is 8.43. The summed E-state index contributed by atoms with van der Waals surface area (Å²) in [7, 11) is 1.64. The molecule has 0 saturated carbocycles. The molecule has 0 unspecified atom stereocenters. The Morgan fingerprint density at radius 1 is 0.962 bits per heavy atom. The second-order valence-electron chi connectivity index (χ2n) is 5.63. The Balaban J connectivity index is 1.79. The standard InChI is InChI=1S/C20H22N4O2/c1-4-26-16-11-9-15(10-12-16)22-19-13-14(2)21-20(24-19)23-17-7-5-6-8-18(17)25-3/h5-13H,4H2,1-3H3,(H2,21,22,23,24). The van der Waals surface area contributed by atoms with E-state index in [-0.39, 0.29) is 0 Å². The third-order valence-electron chi connectivity index (χ3n) is 3.65. The maximum atomic E-state index is 5.46. The lowest BCUT2D eigenvalue weighted by molar-refractivity contribution is 0.340. The van der Waals surface area contributed by atoms with Gasteiger partial charge in [-0.3, -0.25) is 0 Å². The first-order chi connectivity index (χ1) is 12.7. The summed E-state index contributed by atoms with van der Waals surface area (Å²) < 4.78 is 10.8. The third kappa shape index (κ3) is 4.42. The lowest BCUT2D eigenvalue weighted by Crippen LogP contribution is -2.03. The van der Waals surface area contributed by atoms with Gasteiger partial charge < -0.3 is 20.1 Å². The number of rotatable bonds is 7. The van der Waals surface area contributed by atoms with Gasteiger partial charge in [0.15, 0.2) is 0 Å². The summed E-state index contributed by atoms with van der Waals surface area (Å²) in [6.07, 6.45) is 0. The predicted octanol–water partition coefficient (Wildman–Crippen LogP) is 4.68. The van der Waals surface area contributed by atoms with Gasteiger partial charge in [-0.2, -0.15) is 4.98 Å². The van der Waals surface area contributed by atoms with Crippen LogP contribution in [0.2, 0.25) is 0 Å². The minimum atomic E-state index is 0.503. The van der Waals surface area contributed by atoms with E-state index >= 15 is 0 Å². The number of benzene rings is 2. The van der Waals surface area contributed by atoms with Crippen molar-refractivity contribution < 1.29 is 9.47 Å². The highest BCUT2D eigenvalue weighted by atomic mass is 16.5. The van der Waals surface area contributed by atoms with Crippen molar-refractivity contribution in [3.63, 3.8) is 0 Å². The van der Waals surface area contributed by atoms with E-state index in [9.17, 15) is 0 Å². The van der Waals surface area contributed by atoms with Crippen LogP contribution in [0, 0.1) is 6.92 Å². The van der Waals surface area contributed by atoms with E-state index < -0.39 is 0 Å². The summed E-state index contributed by atoms with van der Waals surface area (Å²) in [4.78, 5) is 8.99. The molecule has 6 heteroatoms. The maximum absolute atomic E-state index is 5.46. The van der Waals surface area contributed by atoms with Crippen molar-refractivity contribution >= 4 is 23.1 Å². The average molecular weight is 350 g/mol. The second kappa shape index (κ2) is 8.20. The third-order valence-corrected chi connectivity index (χ3v) is 3.65. The van der Waals surface area contributed by atoms with Crippen LogP contribution in [0.25, 0.3) is 0 Å². The molecule has 0 amide bonds. The molecule has 26 heavy (non-hydrogen) atoms. The number of ether oxygens (including phenoxy) is 2. The molecule has 1 heterocycles. The molecule has 0 aliphatic heterocycles. The van der Waals surface area contributed by atoms with E-state index in [2.05, 4.69) is 20.6 Å². The van der Waals surface area contributed by atoms with E-state index in [0.29, 0.717) is 18.4 Å². The molecule has 0 fully saturated rings. The van der Waals surface area contributed by atoms with E-state index in [1.54, 1.807) is 7.11 Å². The largest absolute Gasteiger partial charge is 0.495 e. The van der Waals surface area contributed by atoms with Crippen molar-refractivity contribution in [2.45, 2.75) is 13.8 Å². The Labute approximate surface area is 153 Å². The van der Waals surface area contributed by atoms with Crippen LogP contribution in [0.1, 0.15) is 12.6 Å². The van der Waals surface area contributed by atoms with Crippen molar-refractivity contribution in [1.82, 2.24) is 9.97 Å². The van der Waals surface area contributed by atoms with Crippen LogP contribution in [-0.2, 0) is 0 Å². The number of aryl methyl sites for hydroxylation is 1. The van der Waals surface area contributed by atoms with Crippen LogP contribution in [0.3, 0.4) is 0 Å². The number of nitrogens with one attached hydrogen (secondary N) is 2. The SMILES string of the molecule is CCOc1ccc(Nc2cc(C)nc(Nc3ccccc3OC)n2)cc1. The molecular weight excluding hydrogens is 328 g/mol. The van der Waals surface area contributed by atoms with Gasteiger partial charge in [-0.05, 0) is 50.2 Å². The monoisotopic (exact) mass is 350 g/mol. The Bertz CT molecular complexity index is 866. The summed E-state index contributed by atoms with van der Waals surface area (Å²) in [5.41, 5.74) is 2.59. The van der Waals surface area contributed by atoms with Crippen molar-refractivity contribution in [3.8, 4) is 11.5 Å².